The maximum Gasteiger partial charge on any atom is 0.326 e. The van der Waals surface area contributed by atoms with Gasteiger partial charge in [0.05, 0.1) is 19.6 Å². The van der Waals surface area contributed by atoms with Crippen LogP contribution in [-0.2, 0) is 14.3 Å². The van der Waals surface area contributed by atoms with Gasteiger partial charge in [0.25, 0.3) is 0 Å². The molecular formula is C12H18N4O5. The van der Waals surface area contributed by atoms with Gasteiger partial charge in [-0.3, -0.25) is 4.79 Å². The normalized spacial score (nSPS) is 13.0. The van der Waals surface area contributed by atoms with Gasteiger partial charge in [0.2, 0.25) is 0 Å². The third kappa shape index (κ3) is 5.13. The largest absolute Gasteiger partial charge is 0.480 e. The molecule has 0 bridgehead atoms. The zero-order valence-electron chi connectivity index (χ0n) is 11.8. The molecule has 1 rings (SSSR count). The Morgan fingerprint density at radius 3 is 2.62 bits per heavy atom. The average Bonchev–Trinajstić information content (AvgIpc) is 2.97. The van der Waals surface area contributed by atoms with Crippen molar-refractivity contribution in [2.75, 3.05) is 7.11 Å². The fourth-order valence-electron chi connectivity index (χ4n) is 1.64. The highest BCUT2D eigenvalue weighted by atomic mass is 16.5. The molecule has 0 saturated carbocycles. The molecule has 0 spiro atoms. The molecule has 0 aliphatic carbocycles. The van der Waals surface area contributed by atoms with Crippen molar-refractivity contribution in [3.63, 3.8) is 0 Å². The van der Waals surface area contributed by atoms with Crippen LogP contribution in [-0.4, -0.2) is 46.2 Å². The number of ether oxygens (including phenoxy) is 1. The maximum atomic E-state index is 11.8. The topological polar surface area (TPSA) is 133 Å². The SMILES string of the molecule is CCC(NC(=O)N[C@@H](CC(=O)OC)C(=O)O)c1ncc[nH]1. The Balaban J connectivity index is 2.60. The number of rotatable bonds is 7. The lowest BCUT2D eigenvalue weighted by Gasteiger charge is -2.18. The number of urea groups is 1. The molecular weight excluding hydrogens is 280 g/mol. The van der Waals surface area contributed by atoms with E-state index in [1.165, 1.54) is 0 Å². The molecule has 9 heteroatoms. The van der Waals surface area contributed by atoms with Crippen molar-refractivity contribution < 1.29 is 24.2 Å². The zero-order valence-corrected chi connectivity index (χ0v) is 11.8. The first-order chi connectivity index (χ1) is 9.97. The van der Waals surface area contributed by atoms with Crippen molar-refractivity contribution >= 4 is 18.0 Å². The van der Waals surface area contributed by atoms with Crippen LogP contribution in [0, 0.1) is 0 Å². The number of imidazole rings is 1. The molecule has 1 aromatic rings. The van der Waals surface area contributed by atoms with E-state index in [1.807, 2.05) is 6.92 Å². The number of amides is 2. The summed E-state index contributed by atoms with van der Waals surface area (Å²) in [6.07, 6.45) is 3.29. The summed E-state index contributed by atoms with van der Waals surface area (Å²) in [5.74, 6) is -1.48. The van der Waals surface area contributed by atoms with Crippen molar-refractivity contribution in [1.29, 1.82) is 0 Å². The van der Waals surface area contributed by atoms with Gasteiger partial charge in [-0.2, -0.15) is 0 Å². The number of H-pyrrole nitrogens is 1. The Bertz CT molecular complexity index is 488. The number of esters is 1. The second-order valence-electron chi connectivity index (χ2n) is 4.22. The number of methoxy groups -OCH3 is 1. The van der Waals surface area contributed by atoms with Crippen LogP contribution in [0.3, 0.4) is 0 Å². The van der Waals surface area contributed by atoms with Crippen molar-refractivity contribution in [3.8, 4) is 0 Å². The number of aliphatic carboxylic acids is 1. The first kappa shape index (κ1) is 16.5. The van der Waals surface area contributed by atoms with Crippen LogP contribution in [0.25, 0.3) is 0 Å². The molecule has 2 atom stereocenters. The number of carboxylic acid groups (broad SMARTS) is 1. The van der Waals surface area contributed by atoms with E-state index in [0.717, 1.165) is 7.11 Å². The van der Waals surface area contributed by atoms with E-state index in [1.54, 1.807) is 12.4 Å². The van der Waals surface area contributed by atoms with Gasteiger partial charge in [-0.15, -0.1) is 0 Å². The Morgan fingerprint density at radius 1 is 1.43 bits per heavy atom. The summed E-state index contributed by atoms with van der Waals surface area (Å²) in [7, 11) is 1.14. The summed E-state index contributed by atoms with van der Waals surface area (Å²) < 4.78 is 4.38. The summed E-state index contributed by atoms with van der Waals surface area (Å²) in [6.45, 7) is 1.84. The summed E-state index contributed by atoms with van der Waals surface area (Å²) in [5.41, 5.74) is 0. The lowest BCUT2D eigenvalue weighted by atomic mass is 10.2. The molecule has 1 heterocycles. The third-order valence-corrected chi connectivity index (χ3v) is 2.76. The monoisotopic (exact) mass is 298 g/mol. The molecule has 0 aromatic carbocycles. The average molecular weight is 298 g/mol. The Labute approximate surface area is 121 Å². The second kappa shape index (κ2) is 7.88. The summed E-state index contributed by atoms with van der Waals surface area (Å²) >= 11 is 0. The number of aromatic nitrogens is 2. The number of aromatic amines is 1. The lowest BCUT2D eigenvalue weighted by molar-refractivity contribution is -0.147. The van der Waals surface area contributed by atoms with E-state index in [2.05, 4.69) is 25.3 Å². The molecule has 4 N–H and O–H groups in total. The summed E-state index contributed by atoms with van der Waals surface area (Å²) in [6, 6.07) is -2.44. The van der Waals surface area contributed by atoms with Crippen LogP contribution >= 0.6 is 0 Å². The highest BCUT2D eigenvalue weighted by molar-refractivity contribution is 5.86. The Morgan fingerprint density at radius 2 is 2.14 bits per heavy atom. The minimum Gasteiger partial charge on any atom is -0.480 e. The van der Waals surface area contributed by atoms with E-state index in [-0.39, 0.29) is 6.04 Å². The molecule has 116 valence electrons. The molecule has 1 aromatic heterocycles. The van der Waals surface area contributed by atoms with E-state index in [9.17, 15) is 14.4 Å². The number of hydrogen-bond acceptors (Lipinski definition) is 5. The van der Waals surface area contributed by atoms with E-state index >= 15 is 0 Å². The van der Waals surface area contributed by atoms with Gasteiger partial charge >= 0.3 is 18.0 Å². The van der Waals surface area contributed by atoms with E-state index in [4.69, 9.17) is 5.11 Å². The summed E-state index contributed by atoms with van der Waals surface area (Å²) in [5, 5.41) is 13.8. The first-order valence-electron chi connectivity index (χ1n) is 6.33. The minimum absolute atomic E-state index is 0.382. The van der Waals surface area contributed by atoms with Gasteiger partial charge in [-0.1, -0.05) is 6.92 Å². The quantitative estimate of drug-likeness (QED) is 0.530. The minimum atomic E-state index is -1.36. The van der Waals surface area contributed by atoms with Crippen LogP contribution in [0.15, 0.2) is 12.4 Å². The Hall–Kier alpha value is -2.58. The molecule has 0 radical (unpaired) electrons. The number of nitrogens with one attached hydrogen (secondary N) is 3. The van der Waals surface area contributed by atoms with Gasteiger partial charge in [-0.05, 0) is 6.42 Å². The highest BCUT2D eigenvalue weighted by Gasteiger charge is 2.25. The van der Waals surface area contributed by atoms with E-state index in [0.29, 0.717) is 12.2 Å². The molecule has 0 saturated heterocycles. The van der Waals surface area contributed by atoms with Crippen molar-refractivity contribution in [2.24, 2.45) is 0 Å². The maximum absolute atomic E-state index is 11.8. The predicted molar refractivity (Wildman–Crippen MR) is 71.3 cm³/mol. The van der Waals surface area contributed by atoms with Crippen LogP contribution in [0.5, 0.6) is 0 Å². The molecule has 2 amide bonds. The van der Waals surface area contributed by atoms with Crippen LogP contribution < -0.4 is 10.6 Å². The summed E-state index contributed by atoms with van der Waals surface area (Å²) in [4.78, 5) is 40.8. The zero-order chi connectivity index (χ0) is 15.8. The number of carbonyl (C=O) groups is 3. The molecule has 0 fully saturated rings. The third-order valence-electron chi connectivity index (χ3n) is 2.76. The van der Waals surface area contributed by atoms with Crippen molar-refractivity contribution in [3.05, 3.63) is 18.2 Å². The number of carboxylic acids is 1. The van der Waals surface area contributed by atoms with Crippen LogP contribution in [0.2, 0.25) is 0 Å². The first-order valence-corrected chi connectivity index (χ1v) is 6.33. The molecule has 0 aliphatic rings. The lowest BCUT2D eigenvalue weighted by Crippen LogP contribution is -2.48. The van der Waals surface area contributed by atoms with Gasteiger partial charge in [0.1, 0.15) is 11.9 Å². The van der Waals surface area contributed by atoms with Gasteiger partial charge in [-0.25, -0.2) is 14.6 Å². The number of carbonyl (C=O) groups excluding carboxylic acids is 2. The smallest absolute Gasteiger partial charge is 0.326 e. The van der Waals surface area contributed by atoms with Crippen molar-refractivity contribution in [2.45, 2.75) is 31.8 Å². The molecule has 21 heavy (non-hydrogen) atoms. The number of hydrogen-bond donors (Lipinski definition) is 4. The second-order valence-corrected chi connectivity index (χ2v) is 4.22. The molecule has 9 nitrogen and oxygen atoms in total. The van der Waals surface area contributed by atoms with Crippen LogP contribution in [0.4, 0.5) is 4.79 Å². The highest BCUT2D eigenvalue weighted by Crippen LogP contribution is 2.10. The fourth-order valence-corrected chi connectivity index (χ4v) is 1.64. The van der Waals surface area contributed by atoms with Gasteiger partial charge < -0.3 is 25.5 Å². The van der Waals surface area contributed by atoms with Crippen LogP contribution in [0.1, 0.15) is 31.6 Å². The predicted octanol–water partition coefficient (Wildman–Crippen LogP) is 0.176. The molecule has 1 unspecified atom stereocenters. The number of nitrogens with zero attached hydrogens (tertiary/aromatic N) is 1. The van der Waals surface area contributed by atoms with Gasteiger partial charge in [0, 0.05) is 12.4 Å². The molecule has 0 aliphatic heterocycles. The fraction of sp³-hybridized carbons (Fsp3) is 0.500. The standard InChI is InChI=1S/C12H18N4O5/c1-3-7(10-13-4-5-14-10)15-12(20)16-8(11(18)19)6-9(17)21-2/h4-5,7-8H,3,6H2,1-2H3,(H,13,14)(H,18,19)(H2,15,16,20)/t7?,8-/m0/s1. The van der Waals surface area contributed by atoms with Crippen molar-refractivity contribution in [1.82, 2.24) is 20.6 Å². The Kier molecular flexibility index (Phi) is 6.18. The van der Waals surface area contributed by atoms with E-state index < -0.39 is 30.4 Å². The van der Waals surface area contributed by atoms with Gasteiger partial charge in [0.15, 0.2) is 0 Å².